The summed E-state index contributed by atoms with van der Waals surface area (Å²) in [6.07, 6.45) is -3.63. The zero-order valence-corrected chi connectivity index (χ0v) is 17.7. The molecule has 0 spiro atoms. The number of hydrogen-bond acceptors (Lipinski definition) is 5. The number of carbonyl (C=O) groups is 1. The van der Waals surface area contributed by atoms with Gasteiger partial charge in [0.15, 0.2) is 11.3 Å². The van der Waals surface area contributed by atoms with Gasteiger partial charge in [0, 0.05) is 12.1 Å². The second-order valence-corrected chi connectivity index (χ2v) is 7.08. The van der Waals surface area contributed by atoms with Crippen molar-refractivity contribution in [3.05, 3.63) is 77.6 Å². The third-order valence-corrected chi connectivity index (χ3v) is 4.98. The van der Waals surface area contributed by atoms with Gasteiger partial charge in [0.2, 0.25) is 0 Å². The van der Waals surface area contributed by atoms with E-state index < -0.39 is 17.8 Å². The quantitative estimate of drug-likeness (QED) is 0.467. The average molecular weight is 456 g/mol. The molecule has 0 bridgehead atoms. The van der Waals surface area contributed by atoms with Crippen molar-refractivity contribution in [1.82, 2.24) is 19.9 Å². The van der Waals surface area contributed by atoms with Crippen molar-refractivity contribution in [3.63, 3.8) is 0 Å². The van der Waals surface area contributed by atoms with Crippen LogP contribution >= 0.6 is 0 Å². The fourth-order valence-corrected chi connectivity index (χ4v) is 3.28. The Morgan fingerprint density at radius 3 is 2.42 bits per heavy atom. The van der Waals surface area contributed by atoms with Gasteiger partial charge in [-0.2, -0.15) is 18.3 Å². The second kappa shape index (κ2) is 8.81. The van der Waals surface area contributed by atoms with E-state index in [0.29, 0.717) is 21.6 Å². The van der Waals surface area contributed by atoms with Gasteiger partial charge in [-0.05, 0) is 35.9 Å². The summed E-state index contributed by atoms with van der Waals surface area (Å²) in [5.74, 6) is 0.541. The predicted molar refractivity (Wildman–Crippen MR) is 114 cm³/mol. The molecule has 0 fully saturated rings. The Balaban J connectivity index is 1.71. The van der Waals surface area contributed by atoms with Gasteiger partial charge in [-0.3, -0.25) is 4.79 Å². The molecular weight excluding hydrogens is 437 g/mol. The molecule has 2 heterocycles. The molecule has 170 valence electrons. The Morgan fingerprint density at radius 2 is 1.76 bits per heavy atom. The summed E-state index contributed by atoms with van der Waals surface area (Å²) in [6, 6.07) is 14.4. The summed E-state index contributed by atoms with van der Waals surface area (Å²) >= 11 is 0. The number of nitrogens with zero attached hydrogens (tertiary/aromatic N) is 3. The highest BCUT2D eigenvalue weighted by atomic mass is 19.4. The lowest BCUT2D eigenvalue weighted by atomic mass is 10.1. The lowest BCUT2D eigenvalue weighted by molar-refractivity contribution is -0.142. The number of alkyl halides is 3. The summed E-state index contributed by atoms with van der Waals surface area (Å²) in [6.45, 7) is 0.169. The Morgan fingerprint density at radius 1 is 1.03 bits per heavy atom. The van der Waals surface area contributed by atoms with Crippen LogP contribution < -0.4 is 14.8 Å². The Bertz CT molecular complexity index is 1300. The third kappa shape index (κ3) is 4.59. The Labute approximate surface area is 186 Å². The van der Waals surface area contributed by atoms with Crippen LogP contribution in [0.25, 0.3) is 16.9 Å². The molecule has 2 aromatic heterocycles. The molecule has 0 unspecified atom stereocenters. The number of fused-ring (bicyclic) bond motifs is 1. The summed E-state index contributed by atoms with van der Waals surface area (Å²) < 4.78 is 52.2. The van der Waals surface area contributed by atoms with E-state index in [1.165, 1.54) is 7.11 Å². The lowest BCUT2D eigenvalue weighted by Gasteiger charge is -2.12. The number of nitrogens with one attached hydrogen (secondary N) is 1. The molecular formula is C23H19F3N4O3. The Hall–Kier alpha value is -4.08. The van der Waals surface area contributed by atoms with Crippen LogP contribution in [0.5, 0.6) is 11.5 Å². The number of aromatic nitrogens is 3. The monoisotopic (exact) mass is 456 g/mol. The largest absolute Gasteiger partial charge is 0.497 e. The highest BCUT2D eigenvalue weighted by molar-refractivity contribution is 5.99. The van der Waals surface area contributed by atoms with Crippen LogP contribution in [0.3, 0.4) is 0 Å². The van der Waals surface area contributed by atoms with E-state index >= 15 is 0 Å². The summed E-state index contributed by atoms with van der Waals surface area (Å²) in [5.41, 5.74) is -0.0682. The summed E-state index contributed by atoms with van der Waals surface area (Å²) in [5, 5.41) is 6.48. The van der Waals surface area contributed by atoms with Crippen molar-refractivity contribution in [1.29, 1.82) is 0 Å². The number of rotatable bonds is 6. The molecule has 1 N–H and O–H groups in total. The maximum atomic E-state index is 13.8. The number of benzene rings is 2. The predicted octanol–water partition coefficient (Wildman–Crippen LogP) is 4.36. The normalized spacial score (nSPS) is 11.4. The molecule has 0 saturated heterocycles. The number of methoxy groups -OCH3 is 2. The molecule has 4 rings (SSSR count). The van der Waals surface area contributed by atoms with Crippen molar-refractivity contribution in [2.24, 2.45) is 0 Å². The number of carbonyl (C=O) groups excluding carboxylic acids is 1. The molecule has 0 aliphatic rings. The molecule has 0 saturated carbocycles. The van der Waals surface area contributed by atoms with Gasteiger partial charge in [-0.25, -0.2) is 9.50 Å². The van der Waals surface area contributed by atoms with Gasteiger partial charge >= 0.3 is 6.18 Å². The Kier molecular flexibility index (Phi) is 5.91. The second-order valence-electron chi connectivity index (χ2n) is 7.08. The van der Waals surface area contributed by atoms with Crippen LogP contribution in [0.4, 0.5) is 13.2 Å². The first-order chi connectivity index (χ1) is 15.8. The highest BCUT2D eigenvalue weighted by Gasteiger charge is 2.36. The van der Waals surface area contributed by atoms with Gasteiger partial charge in [0.05, 0.1) is 26.1 Å². The van der Waals surface area contributed by atoms with Crippen LogP contribution in [0.15, 0.2) is 60.8 Å². The maximum absolute atomic E-state index is 13.8. The molecule has 0 aliphatic carbocycles. The summed E-state index contributed by atoms with van der Waals surface area (Å²) in [4.78, 5) is 17.1. The molecule has 33 heavy (non-hydrogen) atoms. The zero-order valence-electron chi connectivity index (χ0n) is 17.7. The van der Waals surface area contributed by atoms with E-state index in [4.69, 9.17) is 9.47 Å². The molecule has 0 aliphatic heterocycles. The minimum Gasteiger partial charge on any atom is -0.497 e. The highest BCUT2D eigenvalue weighted by Crippen LogP contribution is 2.33. The zero-order chi connectivity index (χ0) is 23.6. The number of ether oxygens (including phenoxy) is 2. The van der Waals surface area contributed by atoms with Crippen LogP contribution in [-0.4, -0.2) is 34.7 Å². The average Bonchev–Trinajstić information content (AvgIpc) is 3.25. The first-order valence-corrected chi connectivity index (χ1v) is 9.81. The molecule has 2 aromatic carbocycles. The van der Waals surface area contributed by atoms with Crippen LogP contribution in [0.1, 0.15) is 21.6 Å². The fourth-order valence-electron chi connectivity index (χ4n) is 3.28. The topological polar surface area (TPSA) is 77.8 Å². The first-order valence-electron chi connectivity index (χ1n) is 9.81. The van der Waals surface area contributed by atoms with E-state index in [-0.39, 0.29) is 23.4 Å². The molecule has 7 nitrogen and oxygen atoms in total. The van der Waals surface area contributed by atoms with Crippen molar-refractivity contribution in [2.75, 3.05) is 14.2 Å². The number of hydrogen-bond donors (Lipinski definition) is 1. The van der Waals surface area contributed by atoms with Gasteiger partial charge < -0.3 is 14.8 Å². The fraction of sp³-hybridized carbons (Fsp3) is 0.174. The van der Waals surface area contributed by atoms with Gasteiger partial charge in [-0.1, -0.05) is 24.3 Å². The SMILES string of the molecule is COc1ccc(CNC(=O)c2cnn3c(C(F)(F)F)cc(-c4cccc(OC)c4)nc23)cc1. The molecule has 0 atom stereocenters. The third-order valence-electron chi connectivity index (χ3n) is 4.98. The lowest BCUT2D eigenvalue weighted by Crippen LogP contribution is -2.23. The van der Waals surface area contributed by atoms with Crippen molar-refractivity contribution in [3.8, 4) is 22.8 Å². The van der Waals surface area contributed by atoms with E-state index in [1.54, 1.807) is 55.6 Å². The smallest absolute Gasteiger partial charge is 0.433 e. The van der Waals surface area contributed by atoms with Crippen molar-refractivity contribution in [2.45, 2.75) is 12.7 Å². The van der Waals surface area contributed by atoms with Gasteiger partial charge in [-0.15, -0.1) is 0 Å². The van der Waals surface area contributed by atoms with E-state index in [9.17, 15) is 18.0 Å². The maximum Gasteiger partial charge on any atom is 0.433 e. The van der Waals surface area contributed by atoms with E-state index in [2.05, 4.69) is 15.4 Å². The molecule has 1 amide bonds. The summed E-state index contributed by atoms with van der Waals surface area (Å²) in [7, 11) is 3.00. The van der Waals surface area contributed by atoms with E-state index in [1.807, 2.05) is 0 Å². The minimum atomic E-state index is -4.71. The van der Waals surface area contributed by atoms with Crippen LogP contribution in [-0.2, 0) is 12.7 Å². The molecule has 10 heteroatoms. The van der Waals surface area contributed by atoms with Crippen LogP contribution in [0.2, 0.25) is 0 Å². The first kappa shape index (κ1) is 22.1. The number of halogens is 3. The van der Waals surface area contributed by atoms with Crippen LogP contribution in [0, 0.1) is 0 Å². The van der Waals surface area contributed by atoms with E-state index in [0.717, 1.165) is 17.8 Å². The molecule has 4 aromatic rings. The number of amides is 1. The minimum absolute atomic E-state index is 0.0402. The van der Waals surface area contributed by atoms with Crippen molar-refractivity contribution >= 4 is 11.6 Å². The van der Waals surface area contributed by atoms with Crippen molar-refractivity contribution < 1.29 is 27.4 Å². The standard InChI is InChI=1S/C23H19F3N4O3/c1-32-16-8-6-14(7-9-16)12-27-22(31)18-13-28-30-20(23(24,25)26)11-19(29-21(18)30)15-4-3-5-17(10-15)33-2/h3-11,13H,12H2,1-2H3,(H,27,31). The van der Waals surface area contributed by atoms with Gasteiger partial charge in [0.25, 0.3) is 5.91 Å². The van der Waals surface area contributed by atoms with Gasteiger partial charge in [0.1, 0.15) is 17.1 Å². The molecule has 0 radical (unpaired) electrons.